The molecule has 1 heterocycles. The number of rotatable bonds is 5. The van der Waals surface area contributed by atoms with Gasteiger partial charge in [0.2, 0.25) is 0 Å². The van der Waals surface area contributed by atoms with Crippen molar-refractivity contribution in [2.24, 2.45) is 0 Å². The van der Waals surface area contributed by atoms with Crippen LogP contribution < -0.4 is 10.1 Å². The average Bonchev–Trinajstić information content (AvgIpc) is 2.82. The smallest absolute Gasteiger partial charge is 0.124 e. The number of hydrogen-bond acceptors (Lipinski definition) is 4. The second-order valence-electron chi connectivity index (χ2n) is 4.33. The van der Waals surface area contributed by atoms with Crippen molar-refractivity contribution in [2.75, 3.05) is 7.05 Å². The molecule has 3 nitrogen and oxygen atoms in total. The van der Waals surface area contributed by atoms with Gasteiger partial charge in [0, 0.05) is 22.3 Å². The van der Waals surface area contributed by atoms with Crippen molar-refractivity contribution in [3.63, 3.8) is 0 Å². The SMILES string of the molecule is CNC(C)c1cc(Br)ccc1OCc1cnc(C)s1. The van der Waals surface area contributed by atoms with Gasteiger partial charge in [-0.25, -0.2) is 4.98 Å². The molecule has 2 aromatic rings. The number of halogens is 1. The molecule has 2 rings (SSSR count). The Kier molecular flexibility index (Phi) is 4.96. The van der Waals surface area contributed by atoms with Gasteiger partial charge in [0.1, 0.15) is 12.4 Å². The summed E-state index contributed by atoms with van der Waals surface area (Å²) >= 11 is 5.17. The van der Waals surface area contributed by atoms with E-state index in [9.17, 15) is 0 Å². The van der Waals surface area contributed by atoms with Crippen LogP contribution in [0.2, 0.25) is 0 Å². The molecule has 1 aromatic carbocycles. The second kappa shape index (κ2) is 6.50. The molecule has 0 bridgehead atoms. The number of aromatic nitrogens is 1. The van der Waals surface area contributed by atoms with Gasteiger partial charge >= 0.3 is 0 Å². The topological polar surface area (TPSA) is 34.1 Å². The Labute approximate surface area is 126 Å². The van der Waals surface area contributed by atoms with E-state index in [2.05, 4.69) is 39.2 Å². The number of aryl methyl sites for hydroxylation is 1. The van der Waals surface area contributed by atoms with Crippen LogP contribution in [0, 0.1) is 6.92 Å². The molecule has 0 spiro atoms. The predicted molar refractivity (Wildman–Crippen MR) is 82.8 cm³/mol. The highest BCUT2D eigenvalue weighted by Crippen LogP contribution is 2.29. The van der Waals surface area contributed by atoms with Crippen LogP contribution in [-0.4, -0.2) is 12.0 Å². The largest absolute Gasteiger partial charge is 0.488 e. The lowest BCUT2D eigenvalue weighted by Crippen LogP contribution is -2.13. The van der Waals surface area contributed by atoms with Crippen LogP contribution in [0.3, 0.4) is 0 Å². The first-order chi connectivity index (χ1) is 9.10. The Morgan fingerprint density at radius 1 is 1.47 bits per heavy atom. The summed E-state index contributed by atoms with van der Waals surface area (Å²) in [5.74, 6) is 0.913. The first kappa shape index (κ1) is 14.5. The maximum atomic E-state index is 5.92. The fourth-order valence-electron chi connectivity index (χ4n) is 1.77. The van der Waals surface area contributed by atoms with Crippen LogP contribution >= 0.6 is 27.3 Å². The lowest BCUT2D eigenvalue weighted by Gasteiger charge is -2.16. The molecule has 0 amide bonds. The number of ether oxygens (including phenoxy) is 1. The molecule has 0 fully saturated rings. The number of thiazole rings is 1. The first-order valence-electron chi connectivity index (χ1n) is 6.11. The van der Waals surface area contributed by atoms with Crippen LogP contribution in [0.15, 0.2) is 28.9 Å². The average molecular weight is 341 g/mol. The summed E-state index contributed by atoms with van der Waals surface area (Å²) in [6, 6.07) is 6.34. The van der Waals surface area contributed by atoms with E-state index < -0.39 is 0 Å². The normalized spacial score (nSPS) is 12.4. The number of nitrogens with one attached hydrogen (secondary N) is 1. The van der Waals surface area contributed by atoms with Crippen molar-refractivity contribution >= 4 is 27.3 Å². The molecule has 102 valence electrons. The van der Waals surface area contributed by atoms with E-state index in [1.807, 2.05) is 32.3 Å². The lowest BCUT2D eigenvalue weighted by molar-refractivity contribution is 0.303. The summed E-state index contributed by atoms with van der Waals surface area (Å²) in [5, 5.41) is 4.31. The van der Waals surface area contributed by atoms with Crippen molar-refractivity contribution in [3.05, 3.63) is 44.3 Å². The minimum atomic E-state index is 0.246. The molecule has 1 N–H and O–H groups in total. The van der Waals surface area contributed by atoms with Gasteiger partial charge in [-0.05, 0) is 39.1 Å². The van der Waals surface area contributed by atoms with Crippen molar-refractivity contribution in [1.29, 1.82) is 0 Å². The third kappa shape index (κ3) is 3.78. The Morgan fingerprint density at radius 2 is 2.26 bits per heavy atom. The molecule has 0 radical (unpaired) electrons. The standard InChI is InChI=1S/C14H17BrN2OS/c1-9(16-3)13-6-11(15)4-5-14(13)18-8-12-7-17-10(2)19-12/h4-7,9,16H,8H2,1-3H3. The van der Waals surface area contributed by atoms with Gasteiger partial charge in [0.15, 0.2) is 0 Å². The Morgan fingerprint density at radius 3 is 2.89 bits per heavy atom. The van der Waals surface area contributed by atoms with Gasteiger partial charge in [0.25, 0.3) is 0 Å². The zero-order chi connectivity index (χ0) is 13.8. The summed E-state index contributed by atoms with van der Waals surface area (Å²) in [7, 11) is 1.95. The van der Waals surface area contributed by atoms with Crippen LogP contribution in [0.25, 0.3) is 0 Å². The summed E-state index contributed by atoms with van der Waals surface area (Å²) in [4.78, 5) is 5.38. The molecular formula is C14H17BrN2OS. The Hall–Kier alpha value is -0.910. The first-order valence-corrected chi connectivity index (χ1v) is 7.72. The molecule has 0 aliphatic heterocycles. The highest BCUT2D eigenvalue weighted by atomic mass is 79.9. The third-order valence-electron chi connectivity index (χ3n) is 2.91. The summed E-state index contributed by atoms with van der Waals surface area (Å²) in [6.45, 7) is 4.68. The zero-order valence-corrected chi connectivity index (χ0v) is 13.6. The zero-order valence-electron chi connectivity index (χ0n) is 11.2. The highest BCUT2D eigenvalue weighted by Gasteiger charge is 2.11. The van der Waals surface area contributed by atoms with Crippen molar-refractivity contribution in [3.8, 4) is 5.75 Å². The van der Waals surface area contributed by atoms with Gasteiger partial charge in [0.05, 0.1) is 9.88 Å². The molecule has 0 aliphatic carbocycles. The van der Waals surface area contributed by atoms with E-state index in [0.29, 0.717) is 6.61 Å². The summed E-state index contributed by atoms with van der Waals surface area (Å²) in [6.07, 6.45) is 1.88. The minimum Gasteiger partial charge on any atom is -0.488 e. The van der Waals surface area contributed by atoms with Crippen molar-refractivity contribution in [2.45, 2.75) is 26.5 Å². The van der Waals surface area contributed by atoms with Crippen LogP contribution in [0.4, 0.5) is 0 Å². The van der Waals surface area contributed by atoms with Gasteiger partial charge in [-0.3, -0.25) is 0 Å². The highest BCUT2D eigenvalue weighted by molar-refractivity contribution is 9.10. The van der Waals surface area contributed by atoms with Crippen LogP contribution in [0.5, 0.6) is 5.75 Å². The Bertz CT molecular complexity index is 556. The van der Waals surface area contributed by atoms with Crippen LogP contribution in [-0.2, 0) is 6.61 Å². The minimum absolute atomic E-state index is 0.246. The molecule has 0 saturated carbocycles. The fraction of sp³-hybridized carbons (Fsp3) is 0.357. The van der Waals surface area contributed by atoms with Gasteiger partial charge in [-0.15, -0.1) is 11.3 Å². The molecule has 0 saturated heterocycles. The molecule has 1 unspecified atom stereocenters. The molecule has 1 atom stereocenters. The van der Waals surface area contributed by atoms with E-state index >= 15 is 0 Å². The molecule has 0 aliphatic rings. The van der Waals surface area contributed by atoms with Gasteiger partial charge in [-0.2, -0.15) is 0 Å². The monoisotopic (exact) mass is 340 g/mol. The van der Waals surface area contributed by atoms with E-state index in [1.165, 1.54) is 0 Å². The van der Waals surface area contributed by atoms with Crippen molar-refractivity contribution in [1.82, 2.24) is 10.3 Å². The fourth-order valence-corrected chi connectivity index (χ4v) is 2.85. The third-order valence-corrected chi connectivity index (χ3v) is 4.29. The number of hydrogen-bond donors (Lipinski definition) is 1. The second-order valence-corrected chi connectivity index (χ2v) is 6.56. The predicted octanol–water partition coefficient (Wildman–Crippen LogP) is 4.07. The van der Waals surface area contributed by atoms with Gasteiger partial charge < -0.3 is 10.1 Å². The maximum absolute atomic E-state index is 5.92. The maximum Gasteiger partial charge on any atom is 0.124 e. The molecular weight excluding hydrogens is 324 g/mol. The Balaban J connectivity index is 2.15. The molecule has 19 heavy (non-hydrogen) atoms. The van der Waals surface area contributed by atoms with E-state index in [-0.39, 0.29) is 6.04 Å². The van der Waals surface area contributed by atoms with Crippen LogP contribution in [0.1, 0.15) is 28.4 Å². The van der Waals surface area contributed by atoms with Gasteiger partial charge in [-0.1, -0.05) is 15.9 Å². The number of benzene rings is 1. The van der Waals surface area contributed by atoms with E-state index in [1.54, 1.807) is 11.3 Å². The number of nitrogens with zero attached hydrogens (tertiary/aromatic N) is 1. The van der Waals surface area contributed by atoms with Crippen molar-refractivity contribution < 1.29 is 4.74 Å². The van der Waals surface area contributed by atoms with E-state index in [4.69, 9.17) is 4.74 Å². The molecule has 5 heteroatoms. The molecule has 1 aromatic heterocycles. The summed E-state index contributed by atoms with van der Waals surface area (Å²) < 4.78 is 6.98. The lowest BCUT2D eigenvalue weighted by atomic mass is 10.1. The quantitative estimate of drug-likeness (QED) is 0.890. The summed E-state index contributed by atoms with van der Waals surface area (Å²) in [5.41, 5.74) is 1.15. The van der Waals surface area contributed by atoms with E-state index in [0.717, 1.165) is 25.7 Å².